The fourth-order valence-corrected chi connectivity index (χ4v) is 2.02. The van der Waals surface area contributed by atoms with Crippen LogP contribution in [0.3, 0.4) is 0 Å². The quantitative estimate of drug-likeness (QED) is 0.767. The van der Waals surface area contributed by atoms with Crippen molar-refractivity contribution in [2.24, 2.45) is 0 Å². The molecule has 14 heavy (non-hydrogen) atoms. The predicted octanol–water partition coefficient (Wildman–Crippen LogP) is 2.98. The lowest BCUT2D eigenvalue weighted by Crippen LogP contribution is -2.23. The molecule has 0 radical (unpaired) electrons. The Balaban J connectivity index is 2.40. The Hall–Kier alpha value is -0.890. The molecular formula is C11H15ClN2. The molecule has 0 fully saturated rings. The van der Waals surface area contributed by atoms with E-state index in [1.807, 2.05) is 12.1 Å². The number of rotatable bonds is 1. The molecule has 1 aromatic carbocycles. The van der Waals surface area contributed by atoms with Crippen LogP contribution >= 0.6 is 11.6 Å². The molecule has 76 valence electrons. The highest BCUT2D eigenvalue weighted by atomic mass is 35.5. The number of nitrogens with one attached hydrogen (secondary N) is 1. The minimum absolute atomic E-state index is 0.811. The average Bonchev–Trinajstić information content (AvgIpc) is 2.39. The standard InChI is InChI=1S/C11H15ClN2/c1-2-14-7-3-6-13-10-5-4-9(12)8-11(10)14/h4-5,8,13H,2-3,6-7H2,1H3. The summed E-state index contributed by atoms with van der Waals surface area (Å²) >= 11 is 6.00. The Kier molecular flexibility index (Phi) is 2.82. The van der Waals surface area contributed by atoms with Gasteiger partial charge in [0.25, 0.3) is 0 Å². The highest BCUT2D eigenvalue weighted by Gasteiger charge is 2.13. The third-order valence-electron chi connectivity index (χ3n) is 2.60. The zero-order valence-electron chi connectivity index (χ0n) is 8.39. The van der Waals surface area contributed by atoms with Crippen molar-refractivity contribution in [1.82, 2.24) is 0 Å². The summed E-state index contributed by atoms with van der Waals surface area (Å²) in [6.45, 7) is 5.37. The Morgan fingerprint density at radius 3 is 3.14 bits per heavy atom. The molecule has 2 nitrogen and oxygen atoms in total. The van der Waals surface area contributed by atoms with Gasteiger partial charge in [0.2, 0.25) is 0 Å². The Bertz CT molecular complexity index is 325. The van der Waals surface area contributed by atoms with Crippen LogP contribution in [0.1, 0.15) is 13.3 Å². The van der Waals surface area contributed by atoms with Gasteiger partial charge in [0, 0.05) is 24.7 Å². The van der Waals surface area contributed by atoms with E-state index in [0.29, 0.717) is 0 Å². The molecule has 3 heteroatoms. The van der Waals surface area contributed by atoms with Crippen molar-refractivity contribution < 1.29 is 0 Å². The van der Waals surface area contributed by atoms with Gasteiger partial charge in [-0.25, -0.2) is 0 Å². The lowest BCUT2D eigenvalue weighted by atomic mass is 10.2. The summed E-state index contributed by atoms with van der Waals surface area (Å²) < 4.78 is 0. The third kappa shape index (κ3) is 1.80. The molecule has 0 atom stereocenters. The fourth-order valence-electron chi connectivity index (χ4n) is 1.86. The van der Waals surface area contributed by atoms with Crippen LogP contribution in [0, 0.1) is 0 Å². The summed E-state index contributed by atoms with van der Waals surface area (Å²) in [6.07, 6.45) is 1.18. The Morgan fingerprint density at radius 1 is 1.50 bits per heavy atom. The van der Waals surface area contributed by atoms with Crippen molar-refractivity contribution in [2.75, 3.05) is 29.9 Å². The van der Waals surface area contributed by atoms with E-state index in [-0.39, 0.29) is 0 Å². The van der Waals surface area contributed by atoms with Gasteiger partial charge in [-0.05, 0) is 31.5 Å². The van der Waals surface area contributed by atoms with E-state index in [1.54, 1.807) is 0 Å². The van der Waals surface area contributed by atoms with Gasteiger partial charge in [0.15, 0.2) is 0 Å². The average molecular weight is 211 g/mol. The molecule has 0 saturated carbocycles. The maximum atomic E-state index is 6.00. The summed E-state index contributed by atoms with van der Waals surface area (Å²) in [6, 6.07) is 6.04. The number of hydrogen-bond acceptors (Lipinski definition) is 2. The lowest BCUT2D eigenvalue weighted by molar-refractivity contribution is 0.786. The number of anilines is 2. The number of nitrogens with zero attached hydrogens (tertiary/aromatic N) is 1. The summed E-state index contributed by atoms with van der Waals surface area (Å²) in [5, 5.41) is 4.23. The van der Waals surface area contributed by atoms with Gasteiger partial charge in [-0.1, -0.05) is 11.6 Å². The molecule has 1 heterocycles. The second-order valence-electron chi connectivity index (χ2n) is 3.52. The van der Waals surface area contributed by atoms with Crippen molar-refractivity contribution in [3.8, 4) is 0 Å². The van der Waals surface area contributed by atoms with Gasteiger partial charge in [-0.2, -0.15) is 0 Å². The molecule has 1 aliphatic heterocycles. The van der Waals surface area contributed by atoms with Gasteiger partial charge < -0.3 is 10.2 Å². The number of halogens is 1. The predicted molar refractivity (Wildman–Crippen MR) is 62.4 cm³/mol. The molecule has 1 aliphatic rings. The summed E-state index contributed by atoms with van der Waals surface area (Å²) in [7, 11) is 0. The first-order valence-electron chi connectivity index (χ1n) is 5.09. The molecule has 2 rings (SSSR count). The van der Waals surface area contributed by atoms with Crippen LogP contribution in [0.2, 0.25) is 5.02 Å². The minimum Gasteiger partial charge on any atom is -0.383 e. The van der Waals surface area contributed by atoms with Gasteiger partial charge in [-0.3, -0.25) is 0 Å². The van der Waals surface area contributed by atoms with Crippen molar-refractivity contribution in [2.45, 2.75) is 13.3 Å². The number of benzene rings is 1. The van der Waals surface area contributed by atoms with Gasteiger partial charge in [0.05, 0.1) is 11.4 Å². The van der Waals surface area contributed by atoms with Gasteiger partial charge >= 0.3 is 0 Å². The molecule has 0 aliphatic carbocycles. The first-order chi connectivity index (χ1) is 6.81. The lowest BCUT2D eigenvalue weighted by Gasteiger charge is -2.22. The molecule has 1 N–H and O–H groups in total. The molecule has 0 spiro atoms. The van der Waals surface area contributed by atoms with E-state index in [2.05, 4.69) is 23.2 Å². The molecule has 0 bridgehead atoms. The smallest absolute Gasteiger partial charge is 0.0616 e. The highest BCUT2D eigenvalue weighted by Crippen LogP contribution is 2.30. The van der Waals surface area contributed by atoms with E-state index >= 15 is 0 Å². The molecule has 0 saturated heterocycles. The van der Waals surface area contributed by atoms with Gasteiger partial charge in [-0.15, -0.1) is 0 Å². The minimum atomic E-state index is 0.811. The second-order valence-corrected chi connectivity index (χ2v) is 3.96. The van der Waals surface area contributed by atoms with Crippen LogP contribution < -0.4 is 10.2 Å². The van der Waals surface area contributed by atoms with Crippen LogP contribution in [0.5, 0.6) is 0 Å². The van der Waals surface area contributed by atoms with Crippen LogP contribution in [0.25, 0.3) is 0 Å². The first kappa shape index (κ1) is 9.66. The highest BCUT2D eigenvalue weighted by molar-refractivity contribution is 6.31. The van der Waals surface area contributed by atoms with Crippen LogP contribution in [-0.2, 0) is 0 Å². The Labute approximate surface area is 89.9 Å². The molecule has 1 aromatic rings. The van der Waals surface area contributed by atoms with Crippen molar-refractivity contribution in [3.63, 3.8) is 0 Å². The van der Waals surface area contributed by atoms with Crippen molar-refractivity contribution in [1.29, 1.82) is 0 Å². The molecule has 0 unspecified atom stereocenters. The summed E-state index contributed by atoms with van der Waals surface area (Å²) in [5.74, 6) is 0. The van der Waals surface area contributed by atoms with Gasteiger partial charge in [0.1, 0.15) is 0 Å². The second kappa shape index (κ2) is 4.09. The topological polar surface area (TPSA) is 15.3 Å². The Morgan fingerprint density at radius 2 is 2.36 bits per heavy atom. The third-order valence-corrected chi connectivity index (χ3v) is 2.84. The fraction of sp³-hybridized carbons (Fsp3) is 0.455. The van der Waals surface area contributed by atoms with Crippen molar-refractivity contribution in [3.05, 3.63) is 23.2 Å². The number of fused-ring (bicyclic) bond motifs is 1. The van der Waals surface area contributed by atoms with E-state index in [0.717, 1.165) is 24.7 Å². The summed E-state index contributed by atoms with van der Waals surface area (Å²) in [5.41, 5.74) is 2.44. The molecule has 0 aromatic heterocycles. The van der Waals surface area contributed by atoms with Crippen LogP contribution in [0.15, 0.2) is 18.2 Å². The number of hydrogen-bond donors (Lipinski definition) is 1. The SMILES string of the molecule is CCN1CCCNc2ccc(Cl)cc21. The monoisotopic (exact) mass is 210 g/mol. The first-order valence-corrected chi connectivity index (χ1v) is 5.47. The zero-order valence-corrected chi connectivity index (χ0v) is 9.14. The van der Waals surface area contributed by atoms with Crippen LogP contribution in [0.4, 0.5) is 11.4 Å². The maximum Gasteiger partial charge on any atom is 0.0616 e. The molecule has 0 amide bonds. The van der Waals surface area contributed by atoms with Crippen molar-refractivity contribution >= 4 is 23.0 Å². The maximum absolute atomic E-state index is 6.00. The largest absolute Gasteiger partial charge is 0.383 e. The molecular weight excluding hydrogens is 196 g/mol. The van der Waals surface area contributed by atoms with Crippen LogP contribution in [-0.4, -0.2) is 19.6 Å². The summed E-state index contributed by atoms with van der Waals surface area (Å²) in [4.78, 5) is 2.36. The zero-order chi connectivity index (χ0) is 9.97. The van der Waals surface area contributed by atoms with E-state index in [4.69, 9.17) is 11.6 Å². The van der Waals surface area contributed by atoms with E-state index in [9.17, 15) is 0 Å². The normalized spacial score (nSPS) is 15.7. The van der Waals surface area contributed by atoms with E-state index in [1.165, 1.54) is 17.8 Å². The van der Waals surface area contributed by atoms with E-state index < -0.39 is 0 Å².